The van der Waals surface area contributed by atoms with Crippen LogP contribution in [0.25, 0.3) is 0 Å². The number of hydrogen-bond donors (Lipinski definition) is 1. The quantitative estimate of drug-likeness (QED) is 0.701. The molecule has 0 amide bonds. The second-order valence-electron chi connectivity index (χ2n) is 6.16. The lowest BCUT2D eigenvalue weighted by Gasteiger charge is -2.19. The summed E-state index contributed by atoms with van der Waals surface area (Å²) < 4.78 is 5.75. The number of hydrogen-bond acceptors (Lipinski definition) is 3. The van der Waals surface area contributed by atoms with Gasteiger partial charge in [-0.3, -0.25) is 0 Å². The maximum Gasteiger partial charge on any atom is 0.0727 e. The van der Waals surface area contributed by atoms with Crippen LogP contribution in [0.15, 0.2) is 6.07 Å². The molecule has 1 N–H and O–H groups in total. The largest absolute Gasteiger partial charge is 0.377 e. The van der Waals surface area contributed by atoms with Gasteiger partial charge in [0, 0.05) is 28.4 Å². The molecule has 2 nitrogen and oxygen atoms in total. The van der Waals surface area contributed by atoms with Crippen LogP contribution in [0.4, 0.5) is 0 Å². The SMILES string of the molecule is CCCCCOCc1cc(CNC(C)(C)C)sc1C. The highest BCUT2D eigenvalue weighted by Crippen LogP contribution is 2.23. The Morgan fingerprint density at radius 1 is 1.26 bits per heavy atom. The topological polar surface area (TPSA) is 21.3 Å². The van der Waals surface area contributed by atoms with E-state index in [-0.39, 0.29) is 5.54 Å². The van der Waals surface area contributed by atoms with Crippen LogP contribution in [0.5, 0.6) is 0 Å². The second kappa shape index (κ2) is 8.03. The second-order valence-corrected chi connectivity index (χ2v) is 7.50. The molecule has 0 aliphatic carbocycles. The Labute approximate surface area is 122 Å². The van der Waals surface area contributed by atoms with Crippen LogP contribution in [-0.4, -0.2) is 12.1 Å². The lowest BCUT2D eigenvalue weighted by Crippen LogP contribution is -2.34. The van der Waals surface area contributed by atoms with E-state index < -0.39 is 0 Å². The molecule has 0 unspecified atom stereocenters. The molecular formula is C16H29NOS. The Kier molecular flexibility index (Phi) is 7.05. The predicted octanol–water partition coefficient (Wildman–Crippen LogP) is 4.65. The lowest BCUT2D eigenvalue weighted by molar-refractivity contribution is 0.117. The van der Waals surface area contributed by atoms with Gasteiger partial charge in [0.05, 0.1) is 6.61 Å². The first-order valence-electron chi connectivity index (χ1n) is 7.33. The van der Waals surface area contributed by atoms with Crippen molar-refractivity contribution in [2.24, 2.45) is 0 Å². The van der Waals surface area contributed by atoms with Gasteiger partial charge in [-0.05, 0) is 45.7 Å². The van der Waals surface area contributed by atoms with E-state index in [1.54, 1.807) is 0 Å². The molecule has 0 bridgehead atoms. The van der Waals surface area contributed by atoms with Gasteiger partial charge in [-0.1, -0.05) is 19.8 Å². The molecule has 3 heteroatoms. The van der Waals surface area contributed by atoms with Gasteiger partial charge in [0.1, 0.15) is 0 Å². The van der Waals surface area contributed by atoms with Gasteiger partial charge < -0.3 is 10.1 Å². The number of ether oxygens (including phenoxy) is 1. The van der Waals surface area contributed by atoms with Crippen LogP contribution in [0.3, 0.4) is 0 Å². The summed E-state index contributed by atoms with van der Waals surface area (Å²) in [5.41, 5.74) is 1.53. The summed E-state index contributed by atoms with van der Waals surface area (Å²) in [5, 5.41) is 3.53. The molecule has 0 saturated carbocycles. The first kappa shape index (κ1) is 16.7. The molecule has 19 heavy (non-hydrogen) atoms. The van der Waals surface area contributed by atoms with Crippen molar-refractivity contribution in [3.63, 3.8) is 0 Å². The van der Waals surface area contributed by atoms with Crippen molar-refractivity contribution in [1.82, 2.24) is 5.32 Å². The van der Waals surface area contributed by atoms with Crippen molar-refractivity contribution in [2.75, 3.05) is 6.61 Å². The van der Waals surface area contributed by atoms with Crippen molar-refractivity contribution in [3.05, 3.63) is 21.4 Å². The van der Waals surface area contributed by atoms with Crippen LogP contribution in [0.2, 0.25) is 0 Å². The van der Waals surface area contributed by atoms with Crippen molar-refractivity contribution < 1.29 is 4.74 Å². The fourth-order valence-corrected chi connectivity index (χ4v) is 2.79. The third-order valence-corrected chi connectivity index (χ3v) is 4.11. The summed E-state index contributed by atoms with van der Waals surface area (Å²) in [7, 11) is 0. The minimum absolute atomic E-state index is 0.175. The Hall–Kier alpha value is -0.380. The first-order chi connectivity index (χ1) is 8.92. The highest BCUT2D eigenvalue weighted by Gasteiger charge is 2.11. The molecule has 0 fully saturated rings. The average Bonchev–Trinajstić information content (AvgIpc) is 2.67. The number of aryl methyl sites for hydroxylation is 1. The summed E-state index contributed by atoms with van der Waals surface area (Å²) in [6.45, 7) is 13.6. The van der Waals surface area contributed by atoms with Gasteiger partial charge in [0.25, 0.3) is 0 Å². The Bertz CT molecular complexity index is 365. The normalized spacial score (nSPS) is 12.1. The maximum absolute atomic E-state index is 5.75. The predicted molar refractivity (Wildman–Crippen MR) is 84.8 cm³/mol. The Morgan fingerprint density at radius 3 is 2.63 bits per heavy atom. The zero-order chi connectivity index (χ0) is 14.3. The minimum Gasteiger partial charge on any atom is -0.377 e. The zero-order valence-electron chi connectivity index (χ0n) is 13.1. The van der Waals surface area contributed by atoms with Crippen LogP contribution < -0.4 is 5.32 Å². The summed E-state index contributed by atoms with van der Waals surface area (Å²) in [4.78, 5) is 2.79. The summed E-state index contributed by atoms with van der Waals surface area (Å²) in [6.07, 6.45) is 3.70. The molecule has 0 aliphatic rings. The van der Waals surface area contributed by atoms with E-state index in [2.05, 4.69) is 46.0 Å². The van der Waals surface area contributed by atoms with Gasteiger partial charge in [-0.25, -0.2) is 0 Å². The minimum atomic E-state index is 0.175. The molecule has 0 saturated heterocycles. The summed E-state index contributed by atoms with van der Waals surface area (Å²) in [5.74, 6) is 0. The first-order valence-corrected chi connectivity index (χ1v) is 8.15. The van der Waals surface area contributed by atoms with Crippen LogP contribution in [-0.2, 0) is 17.9 Å². The van der Waals surface area contributed by atoms with Gasteiger partial charge in [0.15, 0.2) is 0 Å². The molecule has 1 aromatic rings. The molecule has 1 aromatic heterocycles. The highest BCUT2D eigenvalue weighted by molar-refractivity contribution is 7.12. The Balaban J connectivity index is 2.37. The van der Waals surface area contributed by atoms with Gasteiger partial charge >= 0.3 is 0 Å². The van der Waals surface area contributed by atoms with E-state index in [1.807, 2.05) is 11.3 Å². The van der Waals surface area contributed by atoms with Crippen molar-refractivity contribution >= 4 is 11.3 Å². The Morgan fingerprint density at radius 2 is 2.00 bits per heavy atom. The zero-order valence-corrected chi connectivity index (χ0v) is 14.0. The van der Waals surface area contributed by atoms with E-state index in [0.29, 0.717) is 0 Å². The molecule has 0 aromatic carbocycles. The molecule has 0 radical (unpaired) electrons. The third-order valence-electron chi connectivity index (χ3n) is 3.01. The third kappa shape index (κ3) is 7.09. The van der Waals surface area contributed by atoms with Gasteiger partial charge in [-0.15, -0.1) is 11.3 Å². The van der Waals surface area contributed by atoms with Crippen LogP contribution in [0.1, 0.15) is 62.3 Å². The monoisotopic (exact) mass is 283 g/mol. The van der Waals surface area contributed by atoms with E-state index >= 15 is 0 Å². The van der Waals surface area contributed by atoms with Crippen LogP contribution >= 0.6 is 11.3 Å². The molecule has 0 atom stereocenters. The van der Waals surface area contributed by atoms with Gasteiger partial charge in [0.2, 0.25) is 0 Å². The fraction of sp³-hybridized carbons (Fsp3) is 0.750. The number of rotatable bonds is 8. The highest BCUT2D eigenvalue weighted by atomic mass is 32.1. The molecule has 1 rings (SSSR count). The van der Waals surface area contributed by atoms with E-state index in [1.165, 1.54) is 34.6 Å². The van der Waals surface area contributed by atoms with Crippen molar-refractivity contribution in [2.45, 2.75) is 72.6 Å². The van der Waals surface area contributed by atoms with E-state index in [0.717, 1.165) is 19.8 Å². The smallest absolute Gasteiger partial charge is 0.0727 e. The summed E-state index contributed by atoms with van der Waals surface area (Å²) >= 11 is 1.88. The van der Waals surface area contributed by atoms with E-state index in [4.69, 9.17) is 4.74 Å². The fourth-order valence-electron chi connectivity index (χ4n) is 1.81. The van der Waals surface area contributed by atoms with Gasteiger partial charge in [-0.2, -0.15) is 0 Å². The maximum atomic E-state index is 5.75. The number of thiophene rings is 1. The van der Waals surface area contributed by atoms with Crippen molar-refractivity contribution in [3.8, 4) is 0 Å². The lowest BCUT2D eigenvalue weighted by atomic mass is 10.1. The summed E-state index contributed by atoms with van der Waals surface area (Å²) in [6, 6.07) is 2.29. The number of unbranched alkanes of at least 4 members (excludes halogenated alkanes) is 2. The number of nitrogens with one attached hydrogen (secondary N) is 1. The molecule has 1 heterocycles. The molecule has 0 spiro atoms. The molecular weight excluding hydrogens is 254 g/mol. The molecule has 110 valence electrons. The van der Waals surface area contributed by atoms with E-state index in [9.17, 15) is 0 Å². The average molecular weight is 283 g/mol. The molecule has 0 aliphatic heterocycles. The van der Waals surface area contributed by atoms with Crippen LogP contribution in [0, 0.1) is 6.92 Å². The van der Waals surface area contributed by atoms with Crippen molar-refractivity contribution in [1.29, 1.82) is 0 Å². The standard InChI is InChI=1S/C16H29NOS/c1-6-7-8-9-18-12-14-10-15(19-13(14)2)11-17-16(3,4)5/h10,17H,6-9,11-12H2,1-5H3.